The molecular formula is C11H18N2O2. The molecule has 0 aromatic carbocycles. The summed E-state index contributed by atoms with van der Waals surface area (Å²) in [5, 5.41) is 2.73. The number of aryl methyl sites for hydroxylation is 1. The normalized spacial score (nSPS) is 12.5. The van der Waals surface area contributed by atoms with Crippen LogP contribution in [-0.2, 0) is 6.42 Å². The maximum Gasteiger partial charge on any atom is 0.287 e. The Labute approximate surface area is 89.8 Å². The molecular weight excluding hydrogens is 192 g/mol. The topological polar surface area (TPSA) is 68.3 Å². The SMILES string of the molecule is CCc1ccc(C(=O)NCC(N)CC)o1. The van der Waals surface area contributed by atoms with Crippen molar-refractivity contribution in [3.63, 3.8) is 0 Å². The zero-order valence-electron chi connectivity index (χ0n) is 9.25. The van der Waals surface area contributed by atoms with E-state index in [0.717, 1.165) is 18.6 Å². The van der Waals surface area contributed by atoms with Crippen LogP contribution in [0.5, 0.6) is 0 Å². The molecule has 1 amide bonds. The molecule has 1 unspecified atom stereocenters. The third-order valence-electron chi connectivity index (χ3n) is 2.28. The molecule has 15 heavy (non-hydrogen) atoms. The van der Waals surface area contributed by atoms with E-state index in [2.05, 4.69) is 5.32 Å². The summed E-state index contributed by atoms with van der Waals surface area (Å²) < 4.78 is 5.31. The first kappa shape index (κ1) is 11.8. The summed E-state index contributed by atoms with van der Waals surface area (Å²) >= 11 is 0. The average molecular weight is 210 g/mol. The van der Waals surface area contributed by atoms with Gasteiger partial charge in [0.05, 0.1) is 0 Å². The van der Waals surface area contributed by atoms with Gasteiger partial charge in [-0.2, -0.15) is 0 Å². The van der Waals surface area contributed by atoms with Gasteiger partial charge in [-0.3, -0.25) is 4.79 Å². The molecule has 84 valence electrons. The highest BCUT2D eigenvalue weighted by Crippen LogP contribution is 2.07. The molecule has 3 N–H and O–H groups in total. The van der Waals surface area contributed by atoms with Gasteiger partial charge in [-0.05, 0) is 18.6 Å². The minimum absolute atomic E-state index is 0.00885. The number of nitrogens with two attached hydrogens (primary N) is 1. The van der Waals surface area contributed by atoms with E-state index >= 15 is 0 Å². The summed E-state index contributed by atoms with van der Waals surface area (Å²) in [4.78, 5) is 11.5. The largest absolute Gasteiger partial charge is 0.456 e. The van der Waals surface area contributed by atoms with Crippen LogP contribution in [0.15, 0.2) is 16.5 Å². The number of furan rings is 1. The summed E-state index contributed by atoms with van der Waals surface area (Å²) in [5.41, 5.74) is 5.69. The molecule has 0 saturated carbocycles. The lowest BCUT2D eigenvalue weighted by molar-refractivity contribution is 0.0921. The van der Waals surface area contributed by atoms with Gasteiger partial charge in [-0.25, -0.2) is 0 Å². The van der Waals surface area contributed by atoms with Gasteiger partial charge in [-0.1, -0.05) is 13.8 Å². The van der Waals surface area contributed by atoms with Gasteiger partial charge in [0.2, 0.25) is 0 Å². The van der Waals surface area contributed by atoms with Crippen molar-refractivity contribution in [2.45, 2.75) is 32.7 Å². The minimum atomic E-state index is -0.196. The molecule has 1 atom stereocenters. The molecule has 1 rings (SSSR count). The Morgan fingerprint density at radius 2 is 2.27 bits per heavy atom. The first-order valence-corrected chi connectivity index (χ1v) is 5.29. The Hall–Kier alpha value is -1.29. The second-order valence-corrected chi connectivity index (χ2v) is 3.50. The molecule has 0 bridgehead atoms. The maximum atomic E-state index is 11.5. The highest BCUT2D eigenvalue weighted by Gasteiger charge is 2.10. The Morgan fingerprint density at radius 3 is 2.80 bits per heavy atom. The molecule has 0 aliphatic carbocycles. The fourth-order valence-corrected chi connectivity index (χ4v) is 1.15. The zero-order valence-corrected chi connectivity index (χ0v) is 9.25. The van der Waals surface area contributed by atoms with Crippen molar-refractivity contribution in [2.75, 3.05) is 6.54 Å². The van der Waals surface area contributed by atoms with Crippen LogP contribution < -0.4 is 11.1 Å². The molecule has 1 aromatic heterocycles. The summed E-state index contributed by atoms with van der Waals surface area (Å²) in [7, 11) is 0. The molecule has 4 nitrogen and oxygen atoms in total. The van der Waals surface area contributed by atoms with Gasteiger partial charge >= 0.3 is 0 Å². The van der Waals surface area contributed by atoms with E-state index in [4.69, 9.17) is 10.2 Å². The lowest BCUT2D eigenvalue weighted by Gasteiger charge is -2.08. The number of amides is 1. The van der Waals surface area contributed by atoms with Gasteiger partial charge in [0.1, 0.15) is 5.76 Å². The standard InChI is InChI=1S/C11H18N2O2/c1-3-8(12)7-13-11(14)10-6-5-9(4-2)15-10/h5-6,8H,3-4,7,12H2,1-2H3,(H,13,14). The summed E-state index contributed by atoms with van der Waals surface area (Å²) in [6, 6.07) is 3.51. The van der Waals surface area contributed by atoms with Crippen LogP contribution >= 0.6 is 0 Å². The Bertz CT molecular complexity index is 320. The van der Waals surface area contributed by atoms with Crippen molar-refractivity contribution < 1.29 is 9.21 Å². The average Bonchev–Trinajstić information content (AvgIpc) is 2.73. The van der Waals surface area contributed by atoms with Gasteiger partial charge in [0.15, 0.2) is 5.76 Å². The van der Waals surface area contributed by atoms with Crippen molar-refractivity contribution in [1.29, 1.82) is 0 Å². The van der Waals surface area contributed by atoms with Crippen LogP contribution in [0.3, 0.4) is 0 Å². The van der Waals surface area contributed by atoms with E-state index in [9.17, 15) is 4.79 Å². The quantitative estimate of drug-likeness (QED) is 0.770. The third kappa shape index (κ3) is 3.40. The van der Waals surface area contributed by atoms with Gasteiger partial charge in [0, 0.05) is 19.0 Å². The van der Waals surface area contributed by atoms with Gasteiger partial charge < -0.3 is 15.5 Å². The van der Waals surface area contributed by atoms with E-state index in [1.54, 1.807) is 6.07 Å². The first-order chi connectivity index (χ1) is 7.17. The van der Waals surface area contributed by atoms with Crippen LogP contribution in [0.2, 0.25) is 0 Å². The fourth-order valence-electron chi connectivity index (χ4n) is 1.15. The molecule has 0 spiro atoms. The first-order valence-electron chi connectivity index (χ1n) is 5.29. The molecule has 0 radical (unpaired) electrons. The number of rotatable bonds is 5. The molecule has 0 fully saturated rings. The Balaban J connectivity index is 2.46. The van der Waals surface area contributed by atoms with E-state index in [1.807, 2.05) is 19.9 Å². The van der Waals surface area contributed by atoms with E-state index in [1.165, 1.54) is 0 Å². The predicted molar refractivity (Wildman–Crippen MR) is 58.7 cm³/mol. The maximum absolute atomic E-state index is 11.5. The highest BCUT2D eigenvalue weighted by atomic mass is 16.3. The monoisotopic (exact) mass is 210 g/mol. The summed E-state index contributed by atoms with van der Waals surface area (Å²) in [6.45, 7) is 4.45. The van der Waals surface area contributed by atoms with Crippen LogP contribution in [0.25, 0.3) is 0 Å². The lowest BCUT2D eigenvalue weighted by atomic mass is 10.2. The second-order valence-electron chi connectivity index (χ2n) is 3.50. The number of nitrogens with one attached hydrogen (secondary N) is 1. The minimum Gasteiger partial charge on any atom is -0.456 e. The van der Waals surface area contributed by atoms with Crippen LogP contribution in [0.4, 0.5) is 0 Å². The number of hydrogen-bond acceptors (Lipinski definition) is 3. The summed E-state index contributed by atoms with van der Waals surface area (Å²) in [5.74, 6) is 0.980. The van der Waals surface area contributed by atoms with Crippen LogP contribution in [0.1, 0.15) is 36.6 Å². The number of hydrogen-bond donors (Lipinski definition) is 2. The molecule has 0 aliphatic rings. The van der Waals surface area contributed by atoms with Crippen molar-refractivity contribution in [2.24, 2.45) is 5.73 Å². The zero-order chi connectivity index (χ0) is 11.3. The smallest absolute Gasteiger partial charge is 0.287 e. The number of carbonyl (C=O) groups excluding carboxylic acids is 1. The molecule has 1 heterocycles. The van der Waals surface area contributed by atoms with Crippen LogP contribution in [0, 0.1) is 0 Å². The second kappa shape index (κ2) is 5.56. The third-order valence-corrected chi connectivity index (χ3v) is 2.28. The van der Waals surface area contributed by atoms with Gasteiger partial charge in [-0.15, -0.1) is 0 Å². The van der Waals surface area contributed by atoms with Crippen molar-refractivity contribution >= 4 is 5.91 Å². The molecule has 4 heteroatoms. The molecule has 0 saturated heterocycles. The van der Waals surface area contributed by atoms with E-state index < -0.39 is 0 Å². The van der Waals surface area contributed by atoms with Crippen molar-refractivity contribution in [3.8, 4) is 0 Å². The molecule has 1 aromatic rings. The van der Waals surface area contributed by atoms with E-state index in [0.29, 0.717) is 12.3 Å². The Morgan fingerprint density at radius 1 is 1.53 bits per heavy atom. The van der Waals surface area contributed by atoms with Crippen molar-refractivity contribution in [3.05, 3.63) is 23.7 Å². The molecule has 0 aliphatic heterocycles. The summed E-state index contributed by atoms with van der Waals surface area (Å²) in [6.07, 6.45) is 1.64. The fraction of sp³-hybridized carbons (Fsp3) is 0.545. The predicted octanol–water partition coefficient (Wildman–Crippen LogP) is 1.31. The lowest BCUT2D eigenvalue weighted by Crippen LogP contribution is -2.36. The van der Waals surface area contributed by atoms with Gasteiger partial charge in [0.25, 0.3) is 5.91 Å². The van der Waals surface area contributed by atoms with E-state index in [-0.39, 0.29) is 11.9 Å². The van der Waals surface area contributed by atoms with Crippen LogP contribution in [-0.4, -0.2) is 18.5 Å². The Kier molecular flexibility index (Phi) is 4.37. The highest BCUT2D eigenvalue weighted by molar-refractivity contribution is 5.91. The number of carbonyl (C=O) groups is 1. The van der Waals surface area contributed by atoms with Crippen molar-refractivity contribution in [1.82, 2.24) is 5.32 Å².